The number of rotatable bonds is 6. The molecule has 6 nitrogen and oxygen atoms in total. The maximum atomic E-state index is 12.2. The van der Waals surface area contributed by atoms with E-state index in [1.165, 1.54) is 0 Å². The van der Waals surface area contributed by atoms with Gasteiger partial charge in [0.2, 0.25) is 0 Å². The third kappa shape index (κ3) is 5.74. The van der Waals surface area contributed by atoms with Crippen molar-refractivity contribution < 1.29 is 17.9 Å². The van der Waals surface area contributed by atoms with Crippen LogP contribution in [0.5, 0.6) is 11.5 Å². The van der Waals surface area contributed by atoms with Gasteiger partial charge in [-0.1, -0.05) is 36.4 Å². The largest absolute Gasteiger partial charge is 0.492 e. The molecule has 2 N–H and O–H groups in total. The zero-order valence-electron chi connectivity index (χ0n) is 13.8. The van der Waals surface area contributed by atoms with Crippen LogP contribution in [0.1, 0.15) is 12.8 Å². The Kier molecular flexibility index (Phi) is 5.91. The van der Waals surface area contributed by atoms with E-state index in [-0.39, 0.29) is 25.3 Å². The van der Waals surface area contributed by atoms with Crippen LogP contribution in [0.2, 0.25) is 0 Å². The van der Waals surface area contributed by atoms with Crippen molar-refractivity contribution in [1.82, 2.24) is 9.44 Å². The summed E-state index contributed by atoms with van der Waals surface area (Å²) in [5.74, 6) is 1.45. The van der Waals surface area contributed by atoms with Crippen LogP contribution >= 0.6 is 0 Å². The van der Waals surface area contributed by atoms with Gasteiger partial charge < -0.3 is 9.47 Å². The number of ether oxygens (including phenoxy) is 2. The molecule has 2 atom stereocenters. The maximum absolute atomic E-state index is 12.2. The van der Waals surface area contributed by atoms with Gasteiger partial charge in [0.1, 0.15) is 24.7 Å². The summed E-state index contributed by atoms with van der Waals surface area (Å²) in [6.45, 7) is 0.578. The van der Waals surface area contributed by atoms with Gasteiger partial charge in [0.15, 0.2) is 0 Å². The van der Waals surface area contributed by atoms with Crippen LogP contribution in [0.3, 0.4) is 0 Å². The van der Waals surface area contributed by atoms with Crippen molar-refractivity contribution in [3.8, 4) is 11.5 Å². The quantitative estimate of drug-likeness (QED) is 0.825. The van der Waals surface area contributed by atoms with E-state index < -0.39 is 10.2 Å². The van der Waals surface area contributed by atoms with E-state index in [2.05, 4.69) is 9.44 Å². The number of hydrogen-bond acceptors (Lipinski definition) is 4. The zero-order valence-corrected chi connectivity index (χ0v) is 14.6. The number of hydrogen-bond donors (Lipinski definition) is 2. The zero-order chi connectivity index (χ0) is 17.5. The second-order valence-corrected chi connectivity index (χ2v) is 7.44. The van der Waals surface area contributed by atoms with Crippen molar-refractivity contribution in [3.63, 3.8) is 0 Å². The predicted octanol–water partition coefficient (Wildman–Crippen LogP) is 2.10. The maximum Gasteiger partial charge on any atom is 0.277 e. The summed E-state index contributed by atoms with van der Waals surface area (Å²) in [5.41, 5.74) is 0. The molecule has 0 bridgehead atoms. The summed E-state index contributed by atoms with van der Waals surface area (Å²) in [7, 11) is -3.59. The van der Waals surface area contributed by atoms with Crippen molar-refractivity contribution in [2.24, 2.45) is 0 Å². The highest BCUT2D eigenvalue weighted by Crippen LogP contribution is 2.15. The molecule has 1 heterocycles. The molecule has 0 amide bonds. The van der Waals surface area contributed by atoms with E-state index in [0.29, 0.717) is 12.8 Å². The summed E-state index contributed by atoms with van der Waals surface area (Å²) in [6.07, 6.45) is 1.34. The van der Waals surface area contributed by atoms with Gasteiger partial charge in [0.25, 0.3) is 10.2 Å². The molecular formula is C18H22N2O4S. The molecule has 2 aromatic carbocycles. The SMILES string of the molecule is O=S1(=O)NC(COc2ccccc2)CCC(COc2ccccc2)N1. The number of benzene rings is 2. The molecule has 1 saturated heterocycles. The van der Waals surface area contributed by atoms with Crippen LogP contribution in [-0.2, 0) is 10.2 Å². The second-order valence-electron chi connectivity index (χ2n) is 5.96. The van der Waals surface area contributed by atoms with Crippen molar-refractivity contribution in [2.75, 3.05) is 13.2 Å². The van der Waals surface area contributed by atoms with Crippen LogP contribution < -0.4 is 18.9 Å². The fourth-order valence-corrected chi connectivity index (χ4v) is 3.97. The minimum absolute atomic E-state index is 0.278. The molecule has 1 fully saturated rings. The molecule has 3 rings (SSSR count). The summed E-state index contributed by atoms with van der Waals surface area (Å²) in [6, 6.07) is 18.2. The highest BCUT2D eigenvalue weighted by Gasteiger charge is 2.27. The first-order valence-corrected chi connectivity index (χ1v) is 9.74. The Morgan fingerprint density at radius 3 is 1.56 bits per heavy atom. The first kappa shape index (κ1) is 17.7. The minimum Gasteiger partial charge on any atom is -0.492 e. The van der Waals surface area contributed by atoms with E-state index >= 15 is 0 Å². The predicted molar refractivity (Wildman–Crippen MR) is 95.9 cm³/mol. The van der Waals surface area contributed by atoms with Gasteiger partial charge in [-0.15, -0.1) is 0 Å². The highest BCUT2D eigenvalue weighted by atomic mass is 32.2. The molecule has 0 aliphatic carbocycles. The summed E-state index contributed by atoms with van der Waals surface area (Å²) in [4.78, 5) is 0. The number of nitrogens with one attached hydrogen (secondary N) is 2. The van der Waals surface area contributed by atoms with Crippen LogP contribution in [0, 0.1) is 0 Å². The van der Waals surface area contributed by atoms with E-state index in [1.807, 2.05) is 60.7 Å². The third-order valence-corrected chi connectivity index (χ3v) is 5.18. The van der Waals surface area contributed by atoms with Gasteiger partial charge in [0, 0.05) is 0 Å². The molecule has 1 aliphatic heterocycles. The summed E-state index contributed by atoms with van der Waals surface area (Å²) >= 11 is 0. The molecule has 0 spiro atoms. The van der Waals surface area contributed by atoms with Gasteiger partial charge in [-0.2, -0.15) is 17.9 Å². The van der Waals surface area contributed by atoms with Gasteiger partial charge in [-0.25, -0.2) is 0 Å². The first-order valence-electron chi connectivity index (χ1n) is 8.26. The van der Waals surface area contributed by atoms with Crippen molar-refractivity contribution in [1.29, 1.82) is 0 Å². The highest BCUT2D eigenvalue weighted by molar-refractivity contribution is 7.87. The Hall–Kier alpha value is -2.09. The van der Waals surface area contributed by atoms with Crippen molar-refractivity contribution in [3.05, 3.63) is 60.7 Å². The monoisotopic (exact) mass is 362 g/mol. The van der Waals surface area contributed by atoms with E-state index in [9.17, 15) is 8.42 Å². The van der Waals surface area contributed by atoms with Crippen LogP contribution in [0.15, 0.2) is 60.7 Å². The number of para-hydroxylation sites is 2. The lowest BCUT2D eigenvalue weighted by atomic mass is 10.1. The van der Waals surface area contributed by atoms with Crippen molar-refractivity contribution >= 4 is 10.2 Å². The van der Waals surface area contributed by atoms with Gasteiger partial charge in [-0.05, 0) is 37.1 Å². The van der Waals surface area contributed by atoms with Gasteiger partial charge in [-0.3, -0.25) is 0 Å². The average molecular weight is 362 g/mol. The second kappa shape index (κ2) is 8.33. The van der Waals surface area contributed by atoms with Gasteiger partial charge in [0.05, 0.1) is 12.1 Å². The lowest BCUT2D eigenvalue weighted by Gasteiger charge is -2.15. The summed E-state index contributed by atoms with van der Waals surface area (Å²) in [5, 5.41) is 0. The summed E-state index contributed by atoms with van der Waals surface area (Å²) < 4.78 is 41.0. The fraction of sp³-hybridized carbons (Fsp3) is 0.333. The van der Waals surface area contributed by atoms with Crippen molar-refractivity contribution in [2.45, 2.75) is 24.9 Å². The first-order chi connectivity index (χ1) is 12.1. The Labute approximate surface area is 148 Å². The molecule has 0 radical (unpaired) electrons. The molecule has 0 saturated carbocycles. The molecule has 7 heteroatoms. The molecule has 2 unspecified atom stereocenters. The Balaban J connectivity index is 1.54. The molecule has 2 aromatic rings. The van der Waals surface area contributed by atoms with Gasteiger partial charge >= 0.3 is 0 Å². The lowest BCUT2D eigenvalue weighted by Crippen LogP contribution is -2.45. The Morgan fingerprint density at radius 2 is 1.16 bits per heavy atom. The Morgan fingerprint density at radius 1 is 0.760 bits per heavy atom. The third-order valence-electron chi connectivity index (χ3n) is 3.90. The van der Waals surface area contributed by atoms with E-state index in [1.54, 1.807) is 0 Å². The van der Waals surface area contributed by atoms with E-state index in [4.69, 9.17) is 9.47 Å². The molecule has 134 valence electrons. The van der Waals surface area contributed by atoms with Crippen LogP contribution in [-0.4, -0.2) is 33.7 Å². The fourth-order valence-electron chi connectivity index (χ4n) is 2.65. The molecular weight excluding hydrogens is 340 g/mol. The van der Waals surface area contributed by atoms with Crippen LogP contribution in [0.25, 0.3) is 0 Å². The lowest BCUT2D eigenvalue weighted by molar-refractivity contribution is 0.253. The normalized spacial score (nSPS) is 22.7. The Bertz CT molecular complexity index is 694. The molecule has 0 aromatic heterocycles. The van der Waals surface area contributed by atoms with Crippen LogP contribution in [0.4, 0.5) is 0 Å². The molecule has 25 heavy (non-hydrogen) atoms. The average Bonchev–Trinajstić information content (AvgIpc) is 2.77. The molecule has 1 aliphatic rings. The minimum atomic E-state index is -3.59. The topological polar surface area (TPSA) is 76.7 Å². The van der Waals surface area contributed by atoms with E-state index in [0.717, 1.165) is 11.5 Å². The standard InChI is InChI=1S/C18H22N2O4S/c21-25(22)19-15(13-23-17-7-3-1-4-8-17)11-12-16(20-25)14-24-18-9-5-2-6-10-18/h1-10,15-16,19-20H,11-14H2. The smallest absolute Gasteiger partial charge is 0.277 e.